The molecule has 0 radical (unpaired) electrons. The van der Waals surface area contributed by atoms with Crippen LogP contribution >= 0.6 is 0 Å². The van der Waals surface area contributed by atoms with Gasteiger partial charge in [-0.25, -0.2) is 4.79 Å². The van der Waals surface area contributed by atoms with Crippen molar-refractivity contribution in [1.82, 2.24) is 9.80 Å². The molecule has 2 aliphatic heterocycles. The maximum Gasteiger partial charge on any atom is 0.337 e. The summed E-state index contributed by atoms with van der Waals surface area (Å²) in [5.41, 5.74) is 2.68. The van der Waals surface area contributed by atoms with E-state index in [1.54, 1.807) is 0 Å². The number of carboxylic acids is 1. The van der Waals surface area contributed by atoms with E-state index in [9.17, 15) is 9.90 Å². The van der Waals surface area contributed by atoms with E-state index in [4.69, 9.17) is 4.74 Å². The van der Waals surface area contributed by atoms with Gasteiger partial charge < -0.3 is 14.7 Å². The van der Waals surface area contributed by atoms with E-state index in [1.807, 2.05) is 6.92 Å². The van der Waals surface area contributed by atoms with Gasteiger partial charge >= 0.3 is 5.97 Å². The normalized spacial score (nSPS) is 25.0. The topological polar surface area (TPSA) is 53.0 Å². The number of hydrogen-bond donors (Lipinski definition) is 1. The molecule has 1 N–H and O–H groups in total. The standard InChI is InChI=1S/C22H38N2O3/c1-7-9-18-20(21(25)26)16(2)14-19(23-12-13-27-15-17(23)3)24(18)11-8-10-22(4,5)6/h14,17,19H,7-13,15H2,1-6H3,(H,25,26)/t17-,19?/m1/s1. The molecule has 0 aliphatic carbocycles. The second-order valence-electron chi connectivity index (χ2n) is 9.16. The van der Waals surface area contributed by atoms with Gasteiger partial charge in [0.2, 0.25) is 0 Å². The number of morpholine rings is 1. The van der Waals surface area contributed by atoms with Crippen molar-refractivity contribution in [3.05, 3.63) is 22.9 Å². The molecule has 0 amide bonds. The number of carbonyl (C=O) groups is 1. The van der Waals surface area contributed by atoms with Crippen molar-refractivity contribution < 1.29 is 14.6 Å². The zero-order valence-corrected chi connectivity index (χ0v) is 18.0. The molecular formula is C22H38N2O3. The van der Waals surface area contributed by atoms with Gasteiger partial charge in [0.15, 0.2) is 0 Å². The van der Waals surface area contributed by atoms with Crippen LogP contribution < -0.4 is 0 Å². The van der Waals surface area contributed by atoms with E-state index in [-0.39, 0.29) is 11.6 Å². The molecule has 2 aliphatic rings. The highest BCUT2D eigenvalue weighted by molar-refractivity contribution is 5.92. The molecule has 154 valence electrons. The molecule has 1 fully saturated rings. The Hall–Kier alpha value is -1.33. The van der Waals surface area contributed by atoms with Crippen LogP contribution in [0.5, 0.6) is 0 Å². The Morgan fingerprint density at radius 3 is 2.63 bits per heavy atom. The molecule has 5 heteroatoms. The van der Waals surface area contributed by atoms with Crippen LogP contribution in [0, 0.1) is 5.41 Å². The maximum absolute atomic E-state index is 12.0. The highest BCUT2D eigenvalue weighted by atomic mass is 16.5. The molecule has 27 heavy (non-hydrogen) atoms. The van der Waals surface area contributed by atoms with Crippen molar-refractivity contribution in [1.29, 1.82) is 0 Å². The molecule has 0 aromatic heterocycles. The van der Waals surface area contributed by atoms with E-state index in [2.05, 4.69) is 50.5 Å². The molecule has 2 rings (SSSR count). The fraction of sp³-hybridized carbons (Fsp3) is 0.773. The van der Waals surface area contributed by atoms with Crippen LogP contribution in [-0.4, -0.2) is 59.4 Å². The number of ether oxygens (including phenoxy) is 1. The van der Waals surface area contributed by atoms with Crippen LogP contribution in [0.25, 0.3) is 0 Å². The fourth-order valence-electron chi connectivity index (χ4n) is 4.18. The van der Waals surface area contributed by atoms with Crippen LogP contribution in [0.4, 0.5) is 0 Å². The largest absolute Gasteiger partial charge is 0.478 e. The average Bonchev–Trinajstić information content (AvgIpc) is 2.56. The summed E-state index contributed by atoms with van der Waals surface area (Å²) < 4.78 is 5.64. The second-order valence-corrected chi connectivity index (χ2v) is 9.16. The molecule has 5 nitrogen and oxygen atoms in total. The summed E-state index contributed by atoms with van der Waals surface area (Å²) >= 11 is 0. The Morgan fingerprint density at radius 2 is 2.07 bits per heavy atom. The lowest BCUT2D eigenvalue weighted by Crippen LogP contribution is -2.56. The van der Waals surface area contributed by atoms with Gasteiger partial charge in [-0.05, 0) is 50.2 Å². The van der Waals surface area contributed by atoms with Gasteiger partial charge in [0.1, 0.15) is 6.17 Å². The fourth-order valence-corrected chi connectivity index (χ4v) is 4.18. The molecule has 0 aromatic carbocycles. The Morgan fingerprint density at radius 1 is 1.37 bits per heavy atom. The van der Waals surface area contributed by atoms with Gasteiger partial charge in [-0.2, -0.15) is 0 Å². The summed E-state index contributed by atoms with van der Waals surface area (Å²) in [6, 6.07) is 0.326. The summed E-state index contributed by atoms with van der Waals surface area (Å²) in [7, 11) is 0. The third-order valence-electron chi connectivity index (χ3n) is 5.53. The summed E-state index contributed by atoms with van der Waals surface area (Å²) in [5, 5.41) is 9.87. The van der Waals surface area contributed by atoms with Crippen molar-refractivity contribution in [2.24, 2.45) is 5.41 Å². The summed E-state index contributed by atoms with van der Waals surface area (Å²) in [5.74, 6) is -0.804. The summed E-state index contributed by atoms with van der Waals surface area (Å²) in [4.78, 5) is 16.9. The number of nitrogens with zero attached hydrogens (tertiary/aromatic N) is 2. The predicted molar refractivity (Wildman–Crippen MR) is 109 cm³/mol. The highest BCUT2D eigenvalue weighted by Crippen LogP contribution is 2.34. The zero-order chi connectivity index (χ0) is 20.2. The van der Waals surface area contributed by atoms with Crippen molar-refractivity contribution in [3.8, 4) is 0 Å². The molecule has 0 bridgehead atoms. The zero-order valence-electron chi connectivity index (χ0n) is 18.0. The van der Waals surface area contributed by atoms with Gasteiger partial charge in [-0.3, -0.25) is 4.90 Å². The Balaban J connectivity index is 2.36. The molecule has 1 unspecified atom stereocenters. The summed E-state index contributed by atoms with van der Waals surface area (Å²) in [6.07, 6.45) is 6.21. The quantitative estimate of drug-likeness (QED) is 0.717. The molecule has 1 saturated heterocycles. The van der Waals surface area contributed by atoms with Crippen molar-refractivity contribution in [3.63, 3.8) is 0 Å². The third kappa shape index (κ3) is 5.58. The van der Waals surface area contributed by atoms with Gasteiger partial charge in [-0.1, -0.05) is 34.1 Å². The van der Waals surface area contributed by atoms with Gasteiger partial charge in [0, 0.05) is 24.8 Å². The van der Waals surface area contributed by atoms with Crippen LogP contribution in [0.15, 0.2) is 22.9 Å². The van der Waals surface area contributed by atoms with Crippen molar-refractivity contribution >= 4 is 5.97 Å². The Labute approximate surface area is 165 Å². The lowest BCUT2D eigenvalue weighted by Gasteiger charge is -2.47. The Bertz CT molecular complexity index is 589. The molecule has 2 atom stereocenters. The first-order chi connectivity index (χ1) is 12.7. The summed E-state index contributed by atoms with van der Waals surface area (Å²) in [6.45, 7) is 16.3. The number of aliphatic carboxylic acids is 1. The average molecular weight is 379 g/mol. The minimum atomic E-state index is -0.804. The maximum atomic E-state index is 12.0. The first-order valence-corrected chi connectivity index (χ1v) is 10.4. The number of allylic oxidation sites excluding steroid dienone is 1. The third-order valence-corrected chi connectivity index (χ3v) is 5.53. The van der Waals surface area contributed by atoms with Gasteiger partial charge in [0.05, 0.1) is 18.8 Å². The van der Waals surface area contributed by atoms with Gasteiger partial charge in [0.25, 0.3) is 0 Å². The number of hydrogen-bond acceptors (Lipinski definition) is 4. The van der Waals surface area contributed by atoms with Crippen LogP contribution in [0.3, 0.4) is 0 Å². The van der Waals surface area contributed by atoms with Crippen molar-refractivity contribution in [2.75, 3.05) is 26.3 Å². The van der Waals surface area contributed by atoms with E-state index < -0.39 is 5.97 Å². The van der Waals surface area contributed by atoms with Gasteiger partial charge in [-0.15, -0.1) is 0 Å². The SMILES string of the molecule is CCCC1=C(C(=O)O)C(C)=CC(N2CCOC[C@H]2C)N1CCCC(C)(C)C. The molecule has 0 saturated carbocycles. The molecule has 0 aromatic rings. The van der Waals surface area contributed by atoms with E-state index in [0.717, 1.165) is 63.3 Å². The predicted octanol–water partition coefficient (Wildman–Crippen LogP) is 4.26. The van der Waals surface area contributed by atoms with Crippen LogP contribution in [0.2, 0.25) is 0 Å². The Kier molecular flexibility index (Phi) is 7.52. The lowest BCUT2D eigenvalue weighted by molar-refractivity contribution is -0.132. The van der Waals surface area contributed by atoms with E-state index in [1.165, 1.54) is 0 Å². The lowest BCUT2D eigenvalue weighted by atomic mass is 9.89. The monoisotopic (exact) mass is 378 g/mol. The number of rotatable bonds is 7. The molecular weight excluding hydrogens is 340 g/mol. The van der Waals surface area contributed by atoms with Crippen molar-refractivity contribution in [2.45, 2.75) is 79.4 Å². The molecule has 2 heterocycles. The second kappa shape index (κ2) is 9.24. The van der Waals surface area contributed by atoms with Crippen LogP contribution in [-0.2, 0) is 9.53 Å². The minimum absolute atomic E-state index is 0.119. The molecule has 0 spiro atoms. The number of carboxylic acid groups (broad SMARTS) is 1. The smallest absolute Gasteiger partial charge is 0.337 e. The first kappa shape index (κ1) is 22.0. The highest BCUT2D eigenvalue weighted by Gasteiger charge is 2.36. The van der Waals surface area contributed by atoms with E-state index in [0.29, 0.717) is 11.6 Å². The van der Waals surface area contributed by atoms with Crippen LogP contribution in [0.1, 0.15) is 67.2 Å². The minimum Gasteiger partial charge on any atom is -0.478 e. The first-order valence-electron chi connectivity index (χ1n) is 10.4. The van der Waals surface area contributed by atoms with E-state index >= 15 is 0 Å².